The van der Waals surface area contributed by atoms with Crippen molar-refractivity contribution in [3.05, 3.63) is 16.3 Å². The van der Waals surface area contributed by atoms with Crippen LogP contribution < -0.4 is 10.6 Å². The number of nitrogens with one attached hydrogen (secondary N) is 2. The van der Waals surface area contributed by atoms with Gasteiger partial charge in [0.25, 0.3) is 0 Å². The lowest BCUT2D eigenvalue weighted by atomic mass is 10.1. The van der Waals surface area contributed by atoms with Crippen LogP contribution in [0.1, 0.15) is 41.9 Å². The van der Waals surface area contributed by atoms with E-state index in [1.54, 1.807) is 11.3 Å². The molecule has 0 saturated carbocycles. The van der Waals surface area contributed by atoms with Crippen molar-refractivity contribution in [2.75, 3.05) is 11.9 Å². The molecule has 2 aromatic rings. The molecule has 1 fully saturated rings. The van der Waals surface area contributed by atoms with Crippen LogP contribution in [0.2, 0.25) is 0 Å². The maximum atomic E-state index is 12.2. The van der Waals surface area contributed by atoms with Gasteiger partial charge < -0.3 is 10.6 Å². The molecule has 1 unspecified atom stereocenters. The third kappa shape index (κ3) is 2.35. The Morgan fingerprint density at radius 1 is 1.23 bits per heavy atom. The summed E-state index contributed by atoms with van der Waals surface area (Å²) in [4.78, 5) is 23.9. The highest BCUT2D eigenvalue weighted by molar-refractivity contribution is 7.19. The molecule has 0 spiro atoms. The number of aryl methyl sites for hydroxylation is 3. The van der Waals surface area contributed by atoms with Gasteiger partial charge in [0.1, 0.15) is 22.5 Å². The first kappa shape index (κ1) is 13.9. The molecular weight excluding hydrogens is 296 g/mol. The first-order chi connectivity index (χ1) is 10.7. The zero-order valence-corrected chi connectivity index (χ0v) is 13.6. The lowest BCUT2D eigenvalue weighted by Crippen LogP contribution is -2.38. The number of carbonyl (C=O) groups is 1. The Morgan fingerprint density at radius 3 is 3.05 bits per heavy atom. The van der Waals surface area contributed by atoms with Gasteiger partial charge in [0.05, 0.1) is 5.39 Å². The molecule has 4 rings (SSSR count). The van der Waals surface area contributed by atoms with E-state index < -0.39 is 0 Å². The van der Waals surface area contributed by atoms with Crippen LogP contribution in [0.5, 0.6) is 0 Å². The molecule has 3 heterocycles. The van der Waals surface area contributed by atoms with Crippen molar-refractivity contribution < 1.29 is 4.79 Å². The van der Waals surface area contributed by atoms with E-state index in [4.69, 9.17) is 0 Å². The monoisotopic (exact) mass is 316 g/mol. The third-order valence-electron chi connectivity index (χ3n) is 4.52. The van der Waals surface area contributed by atoms with Crippen molar-refractivity contribution in [3.8, 4) is 0 Å². The smallest absolute Gasteiger partial charge is 0.242 e. The molecule has 1 saturated heterocycles. The zero-order valence-electron chi connectivity index (χ0n) is 12.7. The van der Waals surface area contributed by atoms with Crippen LogP contribution in [0.3, 0.4) is 0 Å². The van der Waals surface area contributed by atoms with Crippen molar-refractivity contribution in [3.63, 3.8) is 0 Å². The number of thiophene rings is 1. The van der Waals surface area contributed by atoms with Crippen molar-refractivity contribution in [1.82, 2.24) is 15.3 Å². The largest absolute Gasteiger partial charge is 0.358 e. The zero-order chi connectivity index (χ0) is 15.1. The lowest BCUT2D eigenvalue weighted by molar-refractivity contribution is -0.121. The van der Waals surface area contributed by atoms with E-state index in [0.717, 1.165) is 60.5 Å². The summed E-state index contributed by atoms with van der Waals surface area (Å²) in [6, 6.07) is -0.183. The molecule has 0 aromatic carbocycles. The molecule has 116 valence electrons. The van der Waals surface area contributed by atoms with E-state index in [1.165, 1.54) is 16.9 Å². The summed E-state index contributed by atoms with van der Waals surface area (Å²) >= 11 is 1.79. The van der Waals surface area contributed by atoms with Crippen molar-refractivity contribution in [2.24, 2.45) is 0 Å². The highest BCUT2D eigenvalue weighted by Gasteiger charge is 2.25. The summed E-state index contributed by atoms with van der Waals surface area (Å²) in [5, 5.41) is 7.55. The lowest BCUT2D eigenvalue weighted by Gasteiger charge is -2.17. The number of anilines is 1. The fourth-order valence-electron chi connectivity index (χ4n) is 3.45. The van der Waals surface area contributed by atoms with Gasteiger partial charge in [-0.25, -0.2) is 9.97 Å². The van der Waals surface area contributed by atoms with Gasteiger partial charge in [-0.3, -0.25) is 4.79 Å². The van der Waals surface area contributed by atoms with Gasteiger partial charge >= 0.3 is 0 Å². The van der Waals surface area contributed by atoms with E-state index in [2.05, 4.69) is 20.6 Å². The molecule has 0 bridgehead atoms. The Morgan fingerprint density at radius 2 is 2.14 bits per heavy atom. The summed E-state index contributed by atoms with van der Waals surface area (Å²) in [6.07, 6.45) is 6.45. The van der Waals surface area contributed by atoms with Crippen LogP contribution >= 0.6 is 11.3 Å². The van der Waals surface area contributed by atoms with Gasteiger partial charge in [0.15, 0.2) is 0 Å². The maximum Gasteiger partial charge on any atom is 0.242 e. The van der Waals surface area contributed by atoms with Gasteiger partial charge in [-0.15, -0.1) is 11.3 Å². The first-order valence-electron chi connectivity index (χ1n) is 8.05. The van der Waals surface area contributed by atoms with Gasteiger partial charge in [0.2, 0.25) is 5.91 Å². The SMILES string of the molecule is Cc1nc(NC2CCCCNC2=O)c2c3c(sc2n1)CCC3. The van der Waals surface area contributed by atoms with Crippen molar-refractivity contribution >= 4 is 33.3 Å². The number of hydrogen-bond acceptors (Lipinski definition) is 5. The predicted octanol–water partition coefficient (Wildman–Crippen LogP) is 2.57. The number of rotatable bonds is 2. The third-order valence-corrected chi connectivity index (χ3v) is 5.71. The van der Waals surface area contributed by atoms with E-state index >= 15 is 0 Å². The number of hydrogen-bond donors (Lipinski definition) is 2. The first-order valence-corrected chi connectivity index (χ1v) is 8.87. The normalized spacial score (nSPS) is 21.5. The van der Waals surface area contributed by atoms with Gasteiger partial charge in [0, 0.05) is 11.4 Å². The average molecular weight is 316 g/mol. The maximum absolute atomic E-state index is 12.2. The van der Waals surface area contributed by atoms with E-state index in [-0.39, 0.29) is 11.9 Å². The van der Waals surface area contributed by atoms with Gasteiger partial charge in [-0.05, 0) is 51.0 Å². The van der Waals surface area contributed by atoms with Crippen LogP contribution in [0.4, 0.5) is 5.82 Å². The molecule has 1 aliphatic carbocycles. The predicted molar refractivity (Wildman–Crippen MR) is 88.4 cm³/mol. The summed E-state index contributed by atoms with van der Waals surface area (Å²) in [6.45, 7) is 2.70. The van der Waals surface area contributed by atoms with E-state index in [9.17, 15) is 4.79 Å². The number of carbonyl (C=O) groups excluding carboxylic acids is 1. The number of aromatic nitrogens is 2. The highest BCUT2D eigenvalue weighted by Crippen LogP contribution is 2.39. The minimum absolute atomic E-state index is 0.0915. The Hall–Kier alpha value is -1.69. The Bertz CT molecular complexity index is 739. The van der Waals surface area contributed by atoms with E-state index in [1.807, 2.05) is 6.92 Å². The topological polar surface area (TPSA) is 66.9 Å². The summed E-state index contributed by atoms with van der Waals surface area (Å²) in [5.41, 5.74) is 1.40. The molecule has 2 aliphatic rings. The Labute approximate surface area is 133 Å². The number of nitrogens with zero attached hydrogens (tertiary/aromatic N) is 2. The van der Waals surface area contributed by atoms with Crippen LogP contribution in [0, 0.1) is 6.92 Å². The molecule has 2 aromatic heterocycles. The minimum atomic E-state index is -0.183. The van der Waals surface area contributed by atoms with E-state index in [0.29, 0.717) is 0 Å². The van der Waals surface area contributed by atoms with Gasteiger partial charge in [-0.2, -0.15) is 0 Å². The second-order valence-electron chi connectivity index (χ2n) is 6.14. The second-order valence-corrected chi connectivity index (χ2v) is 7.22. The summed E-state index contributed by atoms with van der Waals surface area (Å²) in [7, 11) is 0. The summed E-state index contributed by atoms with van der Waals surface area (Å²) < 4.78 is 0. The molecule has 22 heavy (non-hydrogen) atoms. The van der Waals surface area contributed by atoms with Crippen LogP contribution in [0.15, 0.2) is 0 Å². The highest BCUT2D eigenvalue weighted by atomic mass is 32.1. The molecule has 0 radical (unpaired) electrons. The Balaban J connectivity index is 1.75. The molecule has 5 nitrogen and oxygen atoms in total. The number of fused-ring (bicyclic) bond motifs is 3. The molecule has 1 aliphatic heterocycles. The van der Waals surface area contributed by atoms with Crippen LogP contribution in [0.25, 0.3) is 10.2 Å². The van der Waals surface area contributed by atoms with Crippen molar-refractivity contribution in [1.29, 1.82) is 0 Å². The molecular formula is C16H20N4OS. The van der Waals surface area contributed by atoms with Crippen molar-refractivity contribution in [2.45, 2.75) is 51.5 Å². The fraction of sp³-hybridized carbons (Fsp3) is 0.562. The fourth-order valence-corrected chi connectivity index (χ4v) is 4.76. The van der Waals surface area contributed by atoms with Crippen LogP contribution in [-0.4, -0.2) is 28.5 Å². The summed E-state index contributed by atoms with van der Waals surface area (Å²) in [5.74, 6) is 1.71. The standard InChI is InChI=1S/C16H20N4OS/c1-9-18-14(20-11-6-2-3-8-17-15(11)21)13-10-5-4-7-12(10)22-16(13)19-9/h11H,2-8H2,1H3,(H,17,21)(H,18,19,20). The molecule has 1 amide bonds. The quantitative estimate of drug-likeness (QED) is 0.893. The molecule has 2 N–H and O–H groups in total. The molecule has 1 atom stereocenters. The average Bonchev–Trinajstić information content (AvgIpc) is 2.99. The van der Waals surface area contributed by atoms with Gasteiger partial charge in [-0.1, -0.05) is 0 Å². The Kier molecular flexibility index (Phi) is 3.48. The number of amides is 1. The van der Waals surface area contributed by atoms with Crippen LogP contribution in [-0.2, 0) is 17.6 Å². The second kappa shape index (κ2) is 5.50. The minimum Gasteiger partial charge on any atom is -0.358 e. The molecule has 6 heteroatoms.